The van der Waals surface area contributed by atoms with E-state index in [2.05, 4.69) is 46.5 Å². The number of anilines is 4. The van der Waals surface area contributed by atoms with Crippen LogP contribution in [0.25, 0.3) is 11.3 Å². The van der Waals surface area contributed by atoms with Crippen LogP contribution in [0.1, 0.15) is 42.6 Å². The number of nitrogens with zero attached hydrogens (tertiary/aromatic N) is 4. The Hall–Kier alpha value is -6.76. The lowest BCUT2D eigenvalue weighted by atomic mass is 10.1. The van der Waals surface area contributed by atoms with Crippen molar-refractivity contribution in [3.05, 3.63) is 102 Å². The molecule has 1 aliphatic carbocycles. The van der Waals surface area contributed by atoms with Gasteiger partial charge < -0.3 is 40.8 Å². The van der Waals surface area contributed by atoms with Gasteiger partial charge in [-0.05, 0) is 73.4 Å². The number of aromatic nitrogens is 4. The van der Waals surface area contributed by atoms with Crippen molar-refractivity contribution >= 4 is 58.6 Å². The van der Waals surface area contributed by atoms with Crippen molar-refractivity contribution in [2.75, 3.05) is 29.1 Å². The van der Waals surface area contributed by atoms with E-state index in [-0.39, 0.29) is 37.9 Å². The van der Waals surface area contributed by atoms with Gasteiger partial charge in [-0.1, -0.05) is 43.3 Å². The first kappa shape index (κ1) is 41.4. The lowest BCUT2D eigenvalue weighted by Gasteiger charge is -2.19. The Kier molecular flexibility index (Phi) is 12.9. The molecule has 298 valence electrons. The Balaban J connectivity index is 0.00000620. The van der Waals surface area contributed by atoms with Gasteiger partial charge in [0, 0.05) is 34.1 Å². The minimum Gasteiger partial charge on any atom is -0.480 e. The van der Waals surface area contributed by atoms with Crippen molar-refractivity contribution in [2.24, 2.45) is 0 Å². The fourth-order valence-electron chi connectivity index (χ4n) is 5.31. The molecule has 1 aliphatic rings. The number of oxazole rings is 1. The summed E-state index contributed by atoms with van der Waals surface area (Å²) >= 11 is 6.02. The van der Waals surface area contributed by atoms with Gasteiger partial charge in [0.05, 0.1) is 11.7 Å². The Bertz CT molecular complexity index is 2200. The lowest BCUT2D eigenvalue weighted by Crippen LogP contribution is -2.44. The second-order valence-electron chi connectivity index (χ2n) is 12.4. The van der Waals surface area contributed by atoms with Crippen LogP contribution in [0.2, 0.25) is 5.02 Å². The van der Waals surface area contributed by atoms with E-state index in [0.717, 1.165) is 5.56 Å². The Labute approximate surface area is 327 Å². The third-order valence-electron chi connectivity index (χ3n) is 8.25. The number of carbonyl (C=O) groups is 4. The van der Waals surface area contributed by atoms with Gasteiger partial charge in [-0.15, -0.1) is 0 Å². The van der Waals surface area contributed by atoms with Gasteiger partial charge in [0.25, 0.3) is 5.91 Å². The molecule has 0 radical (unpaired) electrons. The van der Waals surface area contributed by atoms with Crippen LogP contribution in [0.3, 0.4) is 0 Å². The molecule has 0 spiro atoms. The molecule has 1 fully saturated rings. The van der Waals surface area contributed by atoms with Gasteiger partial charge in [-0.25, -0.2) is 9.78 Å². The number of hydrogen-bond acceptors (Lipinski definition) is 12. The zero-order valence-corrected chi connectivity index (χ0v) is 29.6. The SMILES string of the molecule is C.O=C(NCC[C@H](NC(=O)c1ccc(Nc2nc(NC3(c4ccc(Cl)cc4)CC3)nc(OCC(F)(F)F)n2)cc1)C(=O)O)C(=O)Nc1cccc(-c2cnco2)c1. The van der Waals surface area contributed by atoms with Gasteiger partial charge >= 0.3 is 30.0 Å². The molecule has 57 heavy (non-hydrogen) atoms. The van der Waals surface area contributed by atoms with Crippen molar-refractivity contribution in [3.8, 4) is 17.3 Å². The number of carbonyl (C=O) groups excluding carboxylic acids is 3. The molecule has 0 aliphatic heterocycles. The van der Waals surface area contributed by atoms with Crippen LogP contribution in [0.5, 0.6) is 6.01 Å². The van der Waals surface area contributed by atoms with Crippen molar-refractivity contribution in [2.45, 2.75) is 44.4 Å². The number of hydrogen-bond donors (Lipinski definition) is 6. The predicted octanol–water partition coefficient (Wildman–Crippen LogP) is 5.93. The first-order valence-corrected chi connectivity index (χ1v) is 17.1. The summed E-state index contributed by atoms with van der Waals surface area (Å²) in [5, 5.41) is 23.4. The minimum atomic E-state index is -4.65. The first-order chi connectivity index (χ1) is 26.7. The molecule has 2 aromatic heterocycles. The summed E-state index contributed by atoms with van der Waals surface area (Å²) in [6.45, 7) is -1.90. The van der Waals surface area contributed by atoms with Crippen molar-refractivity contribution in [3.63, 3.8) is 0 Å². The molecule has 1 atom stereocenters. The average Bonchev–Trinajstić information content (AvgIpc) is 3.72. The average molecular weight is 810 g/mol. The summed E-state index contributed by atoms with van der Waals surface area (Å²) in [5.74, 6) is -3.92. The topological polar surface area (TPSA) is 223 Å². The maximum Gasteiger partial charge on any atom is 0.422 e. The molecule has 3 aromatic carbocycles. The highest BCUT2D eigenvalue weighted by molar-refractivity contribution is 6.39. The van der Waals surface area contributed by atoms with Crippen LogP contribution in [0.4, 0.5) is 36.4 Å². The van der Waals surface area contributed by atoms with Gasteiger partial charge in [0.1, 0.15) is 6.04 Å². The monoisotopic (exact) mass is 809 g/mol. The molecule has 0 saturated heterocycles. The third kappa shape index (κ3) is 11.4. The summed E-state index contributed by atoms with van der Waals surface area (Å²) in [5.41, 5.74) is 1.61. The fraction of sp³-hybridized carbons (Fsp3) is 0.243. The molecule has 6 N–H and O–H groups in total. The van der Waals surface area contributed by atoms with E-state index in [4.69, 9.17) is 20.8 Å². The maximum atomic E-state index is 13.0. The zero-order chi connectivity index (χ0) is 39.9. The summed E-state index contributed by atoms with van der Waals surface area (Å²) in [6, 6.07) is 17.2. The van der Waals surface area contributed by atoms with Crippen molar-refractivity contribution < 1.29 is 46.6 Å². The predicted molar refractivity (Wildman–Crippen MR) is 201 cm³/mol. The van der Waals surface area contributed by atoms with Gasteiger partial charge in [0.2, 0.25) is 11.9 Å². The van der Waals surface area contributed by atoms with E-state index < -0.39 is 54.1 Å². The Morgan fingerprint density at radius 3 is 2.30 bits per heavy atom. The molecule has 16 nitrogen and oxygen atoms in total. The number of benzene rings is 3. The largest absolute Gasteiger partial charge is 0.480 e. The van der Waals surface area contributed by atoms with Crippen LogP contribution < -0.4 is 31.3 Å². The van der Waals surface area contributed by atoms with Crippen molar-refractivity contribution in [1.29, 1.82) is 0 Å². The van der Waals surface area contributed by atoms with Gasteiger partial charge in [0.15, 0.2) is 18.8 Å². The second-order valence-corrected chi connectivity index (χ2v) is 12.8. The third-order valence-corrected chi connectivity index (χ3v) is 8.50. The van der Waals surface area contributed by atoms with E-state index in [1.165, 1.54) is 36.9 Å². The van der Waals surface area contributed by atoms with Crippen LogP contribution in [-0.2, 0) is 19.9 Å². The van der Waals surface area contributed by atoms with Gasteiger partial charge in [-0.2, -0.15) is 28.1 Å². The number of amides is 3. The number of halogens is 4. The van der Waals surface area contributed by atoms with Crippen LogP contribution in [-0.4, -0.2) is 74.1 Å². The van der Waals surface area contributed by atoms with Crippen molar-refractivity contribution in [1.82, 2.24) is 30.6 Å². The van der Waals surface area contributed by atoms with E-state index >= 15 is 0 Å². The zero-order valence-electron chi connectivity index (χ0n) is 28.9. The quantitative estimate of drug-likeness (QED) is 0.0676. The number of aliphatic carboxylic acids is 1. The highest BCUT2D eigenvalue weighted by atomic mass is 35.5. The molecule has 0 bridgehead atoms. The second kappa shape index (κ2) is 17.8. The smallest absolute Gasteiger partial charge is 0.422 e. The van der Waals surface area contributed by atoms with Crippen LogP contribution >= 0.6 is 11.6 Å². The Morgan fingerprint density at radius 2 is 1.65 bits per heavy atom. The summed E-state index contributed by atoms with van der Waals surface area (Å²) in [6.07, 6.45) is -0.778. The standard InChI is InChI=1S/C36H31ClF3N9O7.CH4/c37-23-8-6-22(7-9-23)35(13-14-35)49-33-46-32(47-34(48-33)55-18-36(38,39)40)44-24-10-4-20(5-11-24)28(50)45-26(31(53)54)12-15-42-29(51)30(52)43-25-3-1-2-21(16-25)27-17-41-19-56-27;/h1-11,16-17,19,26H,12-15,18H2,(H,42,51)(H,43,52)(H,45,50)(H,53,54)(H2,44,46,47,48,49);1H4/t26-;/m0./s1. The number of ether oxygens (including phenoxy) is 1. The van der Waals surface area contributed by atoms with E-state index in [0.29, 0.717) is 40.6 Å². The molecule has 1 saturated carbocycles. The molecule has 20 heteroatoms. The summed E-state index contributed by atoms with van der Waals surface area (Å²) < 4.78 is 48.9. The number of carboxylic acid groups (broad SMARTS) is 1. The first-order valence-electron chi connectivity index (χ1n) is 16.7. The maximum absolute atomic E-state index is 13.0. The summed E-state index contributed by atoms with van der Waals surface area (Å²) in [7, 11) is 0. The Morgan fingerprint density at radius 1 is 0.930 bits per heavy atom. The number of carboxylic acids is 1. The van der Waals surface area contributed by atoms with E-state index in [9.17, 15) is 37.5 Å². The minimum absolute atomic E-state index is 0. The number of alkyl halides is 3. The van der Waals surface area contributed by atoms with E-state index in [1.807, 2.05) is 12.1 Å². The molecule has 6 rings (SSSR count). The fourth-order valence-corrected chi connectivity index (χ4v) is 5.44. The molecular weight excluding hydrogens is 775 g/mol. The molecule has 0 unspecified atom stereocenters. The highest BCUT2D eigenvalue weighted by Gasteiger charge is 2.45. The molecular formula is C37H35ClF3N9O7. The highest BCUT2D eigenvalue weighted by Crippen LogP contribution is 2.48. The van der Waals surface area contributed by atoms with Crippen LogP contribution in [0, 0.1) is 0 Å². The normalized spacial score (nSPS) is 13.3. The van der Waals surface area contributed by atoms with E-state index in [1.54, 1.807) is 36.4 Å². The van der Waals surface area contributed by atoms with Gasteiger partial charge in [-0.3, -0.25) is 14.4 Å². The molecule has 5 aromatic rings. The number of rotatable bonds is 15. The van der Waals surface area contributed by atoms with Crippen LogP contribution in [0.15, 0.2) is 89.8 Å². The molecule has 2 heterocycles. The number of nitrogens with one attached hydrogen (secondary N) is 5. The molecule has 3 amide bonds. The lowest BCUT2D eigenvalue weighted by molar-refractivity contribution is -0.154. The summed E-state index contributed by atoms with van der Waals surface area (Å²) in [4.78, 5) is 65.8.